The molecule has 15 heteroatoms. The summed E-state index contributed by atoms with van der Waals surface area (Å²) in [6.07, 6.45) is 0.0590. The summed E-state index contributed by atoms with van der Waals surface area (Å²) < 4.78 is 70.0. The second kappa shape index (κ2) is 8.53. The predicted molar refractivity (Wildman–Crippen MR) is 107 cm³/mol. The van der Waals surface area contributed by atoms with Crippen molar-refractivity contribution in [1.29, 1.82) is 0 Å². The standard InChI is InChI=1S/C14H16BrF2N2O7PS2/c1-19-29(24,25)4-2-3-26-9-6-7(13(18)20)5-8-10(15)12(28-11(8)9)14(16,17)27(21,22)23/h5-6,19H,2-4H2,1H3,(H2,18,20)(H2,21,22,23). The van der Waals surface area contributed by atoms with Crippen molar-refractivity contribution in [3.8, 4) is 5.75 Å². The summed E-state index contributed by atoms with van der Waals surface area (Å²) in [5.74, 6) is -1.18. The number of amides is 1. The van der Waals surface area contributed by atoms with Gasteiger partial charge in [0.1, 0.15) is 10.6 Å². The van der Waals surface area contributed by atoms with Crippen LogP contribution in [0.4, 0.5) is 8.78 Å². The van der Waals surface area contributed by atoms with Crippen LogP contribution in [0.25, 0.3) is 10.1 Å². The number of carbonyl (C=O) groups excluding carboxylic acids is 1. The number of sulfonamides is 1. The van der Waals surface area contributed by atoms with Crippen molar-refractivity contribution >= 4 is 60.9 Å². The van der Waals surface area contributed by atoms with E-state index in [4.69, 9.17) is 20.3 Å². The fourth-order valence-electron chi connectivity index (χ4n) is 2.25. The summed E-state index contributed by atoms with van der Waals surface area (Å²) in [5, 5.41) is 0.0484. The third-order valence-electron chi connectivity index (χ3n) is 3.74. The van der Waals surface area contributed by atoms with Gasteiger partial charge in [-0.3, -0.25) is 9.36 Å². The highest BCUT2D eigenvalue weighted by atomic mass is 79.9. The molecule has 9 nitrogen and oxygen atoms in total. The Labute approximate surface area is 176 Å². The molecule has 0 spiro atoms. The van der Waals surface area contributed by atoms with Crippen molar-refractivity contribution in [3.05, 3.63) is 27.0 Å². The van der Waals surface area contributed by atoms with Crippen LogP contribution in [0.3, 0.4) is 0 Å². The van der Waals surface area contributed by atoms with Gasteiger partial charge in [0.25, 0.3) is 0 Å². The third kappa shape index (κ3) is 5.13. The molecule has 1 amide bonds. The summed E-state index contributed by atoms with van der Waals surface area (Å²) in [5.41, 5.74) is 0.694. The molecule has 1 aromatic carbocycles. The Balaban J connectivity index is 2.50. The number of primary amides is 1. The maximum Gasteiger partial charge on any atom is 0.400 e. The highest BCUT2D eigenvalue weighted by Crippen LogP contribution is 2.63. The van der Waals surface area contributed by atoms with E-state index in [9.17, 15) is 26.6 Å². The lowest BCUT2D eigenvalue weighted by molar-refractivity contribution is 0.0595. The second-order valence-corrected chi connectivity index (χ2v) is 11.3. The number of alkyl halides is 2. The van der Waals surface area contributed by atoms with Crippen molar-refractivity contribution in [2.24, 2.45) is 5.73 Å². The molecule has 0 unspecified atom stereocenters. The summed E-state index contributed by atoms with van der Waals surface area (Å²) in [6, 6.07) is 2.38. The van der Waals surface area contributed by atoms with Crippen LogP contribution >= 0.6 is 34.9 Å². The van der Waals surface area contributed by atoms with Gasteiger partial charge in [-0.2, -0.15) is 8.78 Å². The minimum absolute atomic E-state index is 0.0448. The first-order valence-electron chi connectivity index (χ1n) is 7.75. The Hall–Kier alpha value is -1.15. The van der Waals surface area contributed by atoms with E-state index >= 15 is 0 Å². The van der Waals surface area contributed by atoms with Gasteiger partial charge in [0.05, 0.1) is 17.1 Å². The lowest BCUT2D eigenvalue weighted by Gasteiger charge is -2.16. The number of nitrogens with two attached hydrogens (primary N) is 1. The molecule has 5 N–H and O–H groups in total. The van der Waals surface area contributed by atoms with E-state index in [-0.39, 0.29) is 44.7 Å². The molecule has 162 valence electrons. The molecule has 1 aromatic heterocycles. The van der Waals surface area contributed by atoms with E-state index in [1.807, 2.05) is 0 Å². The Morgan fingerprint density at radius 3 is 2.55 bits per heavy atom. The fraction of sp³-hybridized carbons (Fsp3) is 0.357. The third-order valence-corrected chi connectivity index (χ3v) is 8.67. The van der Waals surface area contributed by atoms with Crippen LogP contribution in [0, 0.1) is 0 Å². The van der Waals surface area contributed by atoms with Crippen LogP contribution in [0.2, 0.25) is 0 Å². The number of thiophene rings is 1. The molecule has 1 heterocycles. The van der Waals surface area contributed by atoms with Gasteiger partial charge in [0, 0.05) is 15.4 Å². The number of ether oxygens (including phenoxy) is 1. The summed E-state index contributed by atoms with van der Waals surface area (Å²) in [7, 11) is -8.05. The molecule has 29 heavy (non-hydrogen) atoms. The highest BCUT2D eigenvalue weighted by Gasteiger charge is 2.53. The van der Waals surface area contributed by atoms with Gasteiger partial charge in [-0.15, -0.1) is 11.3 Å². The number of fused-ring (bicyclic) bond motifs is 1. The van der Waals surface area contributed by atoms with Gasteiger partial charge in [0.15, 0.2) is 0 Å². The van der Waals surface area contributed by atoms with E-state index in [0.717, 1.165) is 0 Å². The largest absolute Gasteiger partial charge is 0.492 e. The maximum absolute atomic E-state index is 14.2. The molecule has 0 aliphatic rings. The summed E-state index contributed by atoms with van der Waals surface area (Å²) in [4.78, 5) is 28.7. The van der Waals surface area contributed by atoms with Crippen molar-refractivity contribution in [1.82, 2.24) is 4.72 Å². The number of nitrogens with one attached hydrogen (secondary N) is 1. The lowest BCUT2D eigenvalue weighted by Crippen LogP contribution is -2.23. The number of hydrogen-bond donors (Lipinski definition) is 4. The average Bonchev–Trinajstić information content (AvgIpc) is 2.95. The molecule has 2 rings (SSSR count). The molecule has 0 aliphatic heterocycles. The van der Waals surface area contributed by atoms with E-state index in [1.165, 1.54) is 19.2 Å². The second-order valence-electron chi connectivity index (χ2n) is 5.77. The maximum atomic E-state index is 14.2. The topological polar surface area (TPSA) is 156 Å². The van der Waals surface area contributed by atoms with Crippen LogP contribution in [-0.2, 0) is 20.3 Å². The predicted octanol–water partition coefficient (Wildman–Crippen LogP) is 2.31. The molecule has 0 saturated heterocycles. The van der Waals surface area contributed by atoms with E-state index in [2.05, 4.69) is 20.7 Å². The van der Waals surface area contributed by atoms with Gasteiger partial charge in [-0.05, 0) is 41.5 Å². The van der Waals surface area contributed by atoms with Crippen LogP contribution in [0.1, 0.15) is 21.7 Å². The Bertz CT molecular complexity index is 1100. The molecule has 2 aromatic rings. The zero-order valence-corrected chi connectivity index (χ0v) is 18.8. The quantitative estimate of drug-likeness (QED) is 0.283. The highest BCUT2D eigenvalue weighted by molar-refractivity contribution is 9.10. The molecule has 0 saturated carbocycles. The van der Waals surface area contributed by atoms with E-state index in [0.29, 0.717) is 11.3 Å². The molecule has 0 radical (unpaired) electrons. The molecule has 0 bridgehead atoms. The fourth-order valence-corrected chi connectivity index (χ4v) is 5.92. The molecule has 0 fully saturated rings. The van der Waals surface area contributed by atoms with Crippen molar-refractivity contribution in [2.75, 3.05) is 19.4 Å². The first-order valence-corrected chi connectivity index (χ1v) is 12.6. The summed E-state index contributed by atoms with van der Waals surface area (Å²) in [6.45, 7) is -0.127. The minimum Gasteiger partial charge on any atom is -0.492 e. The first kappa shape index (κ1) is 24.1. The number of benzene rings is 1. The van der Waals surface area contributed by atoms with Crippen molar-refractivity contribution < 1.29 is 41.1 Å². The van der Waals surface area contributed by atoms with Crippen LogP contribution < -0.4 is 15.2 Å². The van der Waals surface area contributed by atoms with Gasteiger partial charge in [-0.1, -0.05) is 0 Å². The number of hydrogen-bond acceptors (Lipinski definition) is 6. The monoisotopic (exact) mass is 536 g/mol. The van der Waals surface area contributed by atoms with Crippen molar-refractivity contribution in [3.63, 3.8) is 0 Å². The van der Waals surface area contributed by atoms with Gasteiger partial charge >= 0.3 is 13.3 Å². The molecule has 0 aliphatic carbocycles. The number of halogens is 3. The first-order chi connectivity index (χ1) is 13.2. The number of rotatable bonds is 9. The van der Waals surface area contributed by atoms with Gasteiger partial charge in [-0.25, -0.2) is 13.1 Å². The van der Waals surface area contributed by atoms with E-state index in [1.54, 1.807) is 0 Å². The Morgan fingerprint density at radius 2 is 2.03 bits per heavy atom. The lowest BCUT2D eigenvalue weighted by atomic mass is 10.1. The minimum atomic E-state index is -5.83. The molecular formula is C14H16BrF2N2O7PS2. The average molecular weight is 537 g/mol. The molecular weight excluding hydrogens is 521 g/mol. The smallest absolute Gasteiger partial charge is 0.400 e. The van der Waals surface area contributed by atoms with Crippen molar-refractivity contribution in [2.45, 2.75) is 12.1 Å². The zero-order valence-electron chi connectivity index (χ0n) is 14.7. The van der Waals surface area contributed by atoms with Gasteiger partial charge in [0.2, 0.25) is 15.9 Å². The molecule has 0 atom stereocenters. The summed E-state index contributed by atoms with van der Waals surface area (Å²) >= 11 is 3.28. The van der Waals surface area contributed by atoms with Crippen LogP contribution in [-0.4, -0.2) is 43.5 Å². The number of carbonyl (C=O) groups is 1. The SMILES string of the molecule is CNS(=O)(=O)CCCOc1cc(C(N)=O)cc2c(Br)c(C(F)(F)P(=O)(O)O)sc12. The normalized spacial score (nSPS) is 13.0. The Kier molecular flexibility index (Phi) is 7.10. The zero-order chi connectivity index (χ0) is 22.2. The van der Waals surface area contributed by atoms with Crippen LogP contribution in [0.5, 0.6) is 5.75 Å². The Morgan fingerprint density at radius 1 is 1.41 bits per heavy atom. The van der Waals surface area contributed by atoms with Crippen LogP contribution in [0.15, 0.2) is 16.6 Å². The van der Waals surface area contributed by atoms with E-state index < -0.39 is 34.1 Å². The van der Waals surface area contributed by atoms with Gasteiger partial charge < -0.3 is 20.3 Å².